The van der Waals surface area contributed by atoms with E-state index < -0.39 is 0 Å². The fourth-order valence-corrected chi connectivity index (χ4v) is 5.03. The van der Waals surface area contributed by atoms with Crippen LogP contribution in [-0.2, 0) is 4.79 Å². The Morgan fingerprint density at radius 3 is 2.50 bits per heavy atom. The van der Waals surface area contributed by atoms with Crippen LogP contribution in [0.1, 0.15) is 76.2 Å². The van der Waals surface area contributed by atoms with Gasteiger partial charge in [0.1, 0.15) is 0 Å². The molecule has 2 aliphatic carbocycles. The van der Waals surface area contributed by atoms with Crippen molar-refractivity contribution >= 4 is 21.8 Å². The quantitative estimate of drug-likeness (QED) is 0.689. The molecule has 1 aromatic carbocycles. The standard InChI is InChI=1S/C21H30BrNO/c1-15-8-5-6-13-19(15)23-21(24)20(16-9-3-2-4-10-16)17-11-7-12-18(22)14-17/h7,11-12,14-16,19-20H,2-6,8-10,13H2,1H3,(H,23,24)/t15-,19+,20?/m0/s1. The maximum absolute atomic E-state index is 13.2. The largest absolute Gasteiger partial charge is 0.353 e. The Hall–Kier alpha value is -0.830. The average Bonchev–Trinajstić information content (AvgIpc) is 2.58. The molecule has 1 aromatic rings. The smallest absolute Gasteiger partial charge is 0.228 e. The second-order valence-corrected chi connectivity index (χ2v) is 8.72. The summed E-state index contributed by atoms with van der Waals surface area (Å²) in [5.74, 6) is 1.37. The Labute approximate surface area is 154 Å². The van der Waals surface area contributed by atoms with E-state index in [1.807, 2.05) is 6.07 Å². The number of rotatable bonds is 4. The molecular formula is C21H30BrNO. The Morgan fingerprint density at radius 1 is 1.08 bits per heavy atom. The summed E-state index contributed by atoms with van der Waals surface area (Å²) in [7, 11) is 0. The number of amides is 1. The van der Waals surface area contributed by atoms with Crippen LogP contribution >= 0.6 is 15.9 Å². The minimum Gasteiger partial charge on any atom is -0.353 e. The summed E-state index contributed by atoms with van der Waals surface area (Å²) in [4.78, 5) is 13.2. The molecule has 0 aromatic heterocycles. The third kappa shape index (κ3) is 4.41. The van der Waals surface area contributed by atoms with Crippen molar-refractivity contribution in [2.24, 2.45) is 11.8 Å². The number of carbonyl (C=O) groups excluding carboxylic acids is 1. The zero-order valence-electron chi connectivity index (χ0n) is 14.8. The maximum atomic E-state index is 13.2. The lowest BCUT2D eigenvalue weighted by Crippen LogP contribution is -2.44. The first kappa shape index (κ1) is 18.0. The van der Waals surface area contributed by atoms with Crippen molar-refractivity contribution in [1.82, 2.24) is 5.32 Å². The lowest BCUT2D eigenvalue weighted by molar-refractivity contribution is -0.125. The molecule has 3 heteroatoms. The van der Waals surface area contributed by atoms with Crippen LogP contribution in [0.2, 0.25) is 0 Å². The minimum atomic E-state index is 0.0110. The van der Waals surface area contributed by atoms with Crippen LogP contribution in [0.5, 0.6) is 0 Å². The summed E-state index contributed by atoms with van der Waals surface area (Å²) in [6.45, 7) is 2.29. The Bertz CT molecular complexity index is 553. The number of halogens is 1. The third-order valence-corrected chi connectivity index (χ3v) is 6.54. The highest BCUT2D eigenvalue weighted by molar-refractivity contribution is 9.10. The summed E-state index contributed by atoms with van der Waals surface area (Å²) in [6.07, 6.45) is 11.2. The molecular weight excluding hydrogens is 362 g/mol. The predicted octanol–water partition coefficient (Wildman–Crippen LogP) is 5.81. The Morgan fingerprint density at radius 2 is 1.79 bits per heavy atom. The Balaban J connectivity index is 1.79. The van der Waals surface area contributed by atoms with Crippen molar-refractivity contribution in [1.29, 1.82) is 0 Å². The normalized spacial score (nSPS) is 26.8. The van der Waals surface area contributed by atoms with E-state index in [1.165, 1.54) is 56.9 Å². The number of benzene rings is 1. The van der Waals surface area contributed by atoms with Gasteiger partial charge in [-0.15, -0.1) is 0 Å². The van der Waals surface area contributed by atoms with Crippen molar-refractivity contribution in [2.75, 3.05) is 0 Å². The van der Waals surface area contributed by atoms with Crippen LogP contribution in [0.15, 0.2) is 28.7 Å². The molecule has 2 aliphatic rings. The van der Waals surface area contributed by atoms with Crippen molar-refractivity contribution in [3.05, 3.63) is 34.3 Å². The van der Waals surface area contributed by atoms with Crippen LogP contribution < -0.4 is 5.32 Å². The second kappa shape index (κ2) is 8.51. The molecule has 0 bridgehead atoms. The molecule has 2 saturated carbocycles. The van der Waals surface area contributed by atoms with E-state index in [-0.39, 0.29) is 11.8 Å². The lowest BCUT2D eigenvalue weighted by atomic mass is 9.76. The number of hydrogen-bond acceptors (Lipinski definition) is 1. The van der Waals surface area contributed by atoms with Crippen LogP contribution in [-0.4, -0.2) is 11.9 Å². The highest BCUT2D eigenvalue weighted by atomic mass is 79.9. The molecule has 132 valence electrons. The van der Waals surface area contributed by atoms with Gasteiger partial charge in [0.2, 0.25) is 5.91 Å². The van der Waals surface area contributed by atoms with E-state index in [0.29, 0.717) is 17.9 Å². The van der Waals surface area contributed by atoms with Crippen LogP contribution in [0.3, 0.4) is 0 Å². The molecule has 2 nitrogen and oxygen atoms in total. The molecule has 3 atom stereocenters. The fourth-order valence-electron chi connectivity index (χ4n) is 4.61. The van der Waals surface area contributed by atoms with Crippen LogP contribution in [0.4, 0.5) is 0 Å². The molecule has 0 aliphatic heterocycles. The van der Waals surface area contributed by atoms with Gasteiger partial charge in [0.05, 0.1) is 5.92 Å². The zero-order chi connectivity index (χ0) is 16.9. The summed E-state index contributed by atoms with van der Waals surface area (Å²) < 4.78 is 1.07. The number of hydrogen-bond donors (Lipinski definition) is 1. The summed E-state index contributed by atoms with van der Waals surface area (Å²) in [6, 6.07) is 8.75. The molecule has 2 fully saturated rings. The molecule has 0 heterocycles. The van der Waals surface area contributed by atoms with E-state index >= 15 is 0 Å². The van der Waals surface area contributed by atoms with Crippen LogP contribution in [0.25, 0.3) is 0 Å². The topological polar surface area (TPSA) is 29.1 Å². The zero-order valence-corrected chi connectivity index (χ0v) is 16.4. The molecule has 1 unspecified atom stereocenters. The molecule has 3 rings (SSSR count). The van der Waals surface area contributed by atoms with Crippen LogP contribution in [0, 0.1) is 11.8 Å². The van der Waals surface area contributed by atoms with Crippen molar-refractivity contribution < 1.29 is 4.79 Å². The van der Waals surface area contributed by atoms with E-state index in [1.54, 1.807) is 0 Å². The first-order valence-corrected chi connectivity index (χ1v) is 10.5. The molecule has 24 heavy (non-hydrogen) atoms. The highest BCUT2D eigenvalue weighted by Crippen LogP contribution is 2.37. The predicted molar refractivity (Wildman–Crippen MR) is 103 cm³/mol. The van der Waals surface area contributed by atoms with Gasteiger partial charge in [0.25, 0.3) is 0 Å². The molecule has 1 N–H and O–H groups in total. The van der Waals surface area contributed by atoms with Gasteiger partial charge >= 0.3 is 0 Å². The third-order valence-electron chi connectivity index (χ3n) is 6.05. The molecule has 0 radical (unpaired) electrons. The molecule has 1 amide bonds. The number of carbonyl (C=O) groups is 1. The highest BCUT2D eigenvalue weighted by Gasteiger charge is 2.33. The van der Waals surface area contributed by atoms with Gasteiger partial charge in [-0.05, 0) is 55.2 Å². The summed E-state index contributed by atoms with van der Waals surface area (Å²) in [5.41, 5.74) is 1.18. The van der Waals surface area contributed by atoms with E-state index in [9.17, 15) is 4.79 Å². The van der Waals surface area contributed by atoms with Crippen molar-refractivity contribution in [3.63, 3.8) is 0 Å². The van der Waals surface area contributed by atoms with Gasteiger partial charge in [0.15, 0.2) is 0 Å². The van der Waals surface area contributed by atoms with Gasteiger partial charge in [-0.3, -0.25) is 4.79 Å². The SMILES string of the molecule is C[C@H]1CCCC[C@H]1NC(=O)C(c1cccc(Br)c1)C1CCCCC1. The fraction of sp³-hybridized carbons (Fsp3) is 0.667. The second-order valence-electron chi connectivity index (χ2n) is 7.81. The lowest BCUT2D eigenvalue weighted by Gasteiger charge is -2.34. The number of nitrogens with one attached hydrogen (secondary N) is 1. The van der Waals surface area contributed by atoms with E-state index in [4.69, 9.17) is 0 Å². The monoisotopic (exact) mass is 391 g/mol. The van der Waals surface area contributed by atoms with Gasteiger partial charge < -0.3 is 5.32 Å². The summed E-state index contributed by atoms with van der Waals surface area (Å²) in [5, 5.41) is 3.43. The first-order chi connectivity index (χ1) is 11.6. The molecule has 0 saturated heterocycles. The van der Waals surface area contributed by atoms with E-state index in [0.717, 1.165) is 10.9 Å². The first-order valence-electron chi connectivity index (χ1n) is 9.71. The average molecular weight is 392 g/mol. The van der Waals surface area contributed by atoms with Crippen molar-refractivity contribution in [2.45, 2.75) is 76.7 Å². The van der Waals surface area contributed by atoms with E-state index in [2.05, 4.69) is 46.4 Å². The van der Waals surface area contributed by atoms with Gasteiger partial charge in [-0.1, -0.05) is 67.1 Å². The van der Waals surface area contributed by atoms with Crippen molar-refractivity contribution in [3.8, 4) is 0 Å². The Kier molecular flexibility index (Phi) is 6.37. The molecule has 0 spiro atoms. The minimum absolute atomic E-state index is 0.0110. The van der Waals surface area contributed by atoms with Gasteiger partial charge in [0, 0.05) is 10.5 Å². The maximum Gasteiger partial charge on any atom is 0.228 e. The van der Waals surface area contributed by atoms with Gasteiger partial charge in [-0.2, -0.15) is 0 Å². The van der Waals surface area contributed by atoms with Gasteiger partial charge in [-0.25, -0.2) is 0 Å². The summed E-state index contributed by atoms with van der Waals surface area (Å²) >= 11 is 3.58.